The largest absolute Gasteiger partial charge is 0.311 e. The molecule has 0 aliphatic carbocycles. The van der Waals surface area contributed by atoms with Crippen LogP contribution in [0.2, 0.25) is 5.04 Å². The Morgan fingerprint density at radius 1 is 1.00 bits per heavy atom. The topological polar surface area (TPSA) is 12.0 Å². The fraction of sp³-hybridized carbons (Fsp3) is 1.00. The quantitative estimate of drug-likeness (QED) is 0.678. The highest BCUT2D eigenvalue weighted by atomic mass is 28.1. The second-order valence-corrected chi connectivity index (χ2v) is 8.77. The zero-order chi connectivity index (χ0) is 13.0. The van der Waals surface area contributed by atoms with Crippen LogP contribution in [-0.4, -0.2) is 22.3 Å². The molecule has 2 unspecified atom stereocenters. The van der Waals surface area contributed by atoms with Crippen molar-refractivity contribution in [1.29, 1.82) is 0 Å². The molecule has 0 heterocycles. The number of rotatable bonds is 7. The Morgan fingerprint density at radius 3 is 1.56 bits per heavy atom. The molecule has 0 aromatic carbocycles. The Bertz CT molecular complexity index is 185. The van der Waals surface area contributed by atoms with Gasteiger partial charge in [-0.1, -0.05) is 61.3 Å². The van der Waals surface area contributed by atoms with E-state index in [-0.39, 0.29) is 0 Å². The summed E-state index contributed by atoms with van der Waals surface area (Å²) in [5.41, 5.74) is 0.317. The van der Waals surface area contributed by atoms with Gasteiger partial charge in [0.2, 0.25) is 0 Å². The maximum absolute atomic E-state index is 3.87. The van der Waals surface area contributed by atoms with Crippen LogP contribution in [-0.2, 0) is 0 Å². The van der Waals surface area contributed by atoms with Crippen molar-refractivity contribution in [2.24, 2.45) is 11.8 Å². The molecule has 0 aromatic heterocycles. The van der Waals surface area contributed by atoms with E-state index in [9.17, 15) is 0 Å². The zero-order valence-electron chi connectivity index (χ0n) is 12.8. The summed E-state index contributed by atoms with van der Waals surface area (Å²) in [6.45, 7) is 17.7. The lowest BCUT2D eigenvalue weighted by atomic mass is 9.65. The Morgan fingerprint density at radius 2 is 1.38 bits per heavy atom. The molecule has 0 aromatic rings. The molecule has 0 rings (SSSR count). The van der Waals surface area contributed by atoms with Crippen LogP contribution in [0.3, 0.4) is 0 Å². The molecular formula is C14H33NSi. The summed E-state index contributed by atoms with van der Waals surface area (Å²) in [6.07, 6.45) is 2.53. The molecule has 0 saturated heterocycles. The number of hydrogen-bond acceptors (Lipinski definition) is 1. The van der Waals surface area contributed by atoms with Crippen molar-refractivity contribution in [3.8, 4) is 0 Å². The van der Waals surface area contributed by atoms with Crippen LogP contribution in [0.4, 0.5) is 0 Å². The van der Waals surface area contributed by atoms with Gasteiger partial charge in [-0.15, -0.1) is 0 Å². The summed E-state index contributed by atoms with van der Waals surface area (Å²) in [4.78, 5) is 0. The third-order valence-corrected chi connectivity index (χ3v) is 5.32. The van der Waals surface area contributed by atoms with Gasteiger partial charge in [-0.25, -0.2) is 0 Å². The van der Waals surface area contributed by atoms with Gasteiger partial charge in [0.25, 0.3) is 0 Å². The summed E-state index contributed by atoms with van der Waals surface area (Å²) in [6, 6.07) is 0. The van der Waals surface area contributed by atoms with Gasteiger partial charge >= 0.3 is 0 Å². The molecule has 1 nitrogen and oxygen atoms in total. The van der Waals surface area contributed by atoms with E-state index in [0.29, 0.717) is 10.6 Å². The van der Waals surface area contributed by atoms with Crippen molar-refractivity contribution in [2.45, 2.75) is 71.9 Å². The minimum Gasteiger partial charge on any atom is -0.311 e. The lowest BCUT2D eigenvalue weighted by Crippen LogP contribution is -2.61. The van der Waals surface area contributed by atoms with E-state index in [1.165, 1.54) is 23.1 Å². The van der Waals surface area contributed by atoms with E-state index >= 15 is 0 Å². The van der Waals surface area contributed by atoms with Crippen molar-refractivity contribution in [3.63, 3.8) is 0 Å². The maximum atomic E-state index is 3.87. The Balaban J connectivity index is 5.39. The summed E-state index contributed by atoms with van der Waals surface area (Å²) in [5, 5.41) is 4.31. The molecule has 0 saturated carbocycles. The smallest absolute Gasteiger partial charge is 0.0250 e. The first-order valence-electron chi connectivity index (χ1n) is 7.02. The van der Waals surface area contributed by atoms with E-state index < -0.39 is 0 Å². The van der Waals surface area contributed by atoms with Gasteiger partial charge in [-0.3, -0.25) is 0 Å². The summed E-state index contributed by atoms with van der Waals surface area (Å²) >= 11 is 0. The molecule has 0 fully saturated rings. The maximum Gasteiger partial charge on any atom is 0.0250 e. The predicted octanol–water partition coefficient (Wildman–Crippen LogP) is 2.99. The van der Waals surface area contributed by atoms with Gasteiger partial charge in [-0.05, 0) is 23.4 Å². The Kier molecular flexibility index (Phi) is 6.27. The lowest BCUT2D eigenvalue weighted by molar-refractivity contribution is 0.0927. The first-order chi connectivity index (χ1) is 7.27. The Labute approximate surface area is 106 Å². The zero-order valence-corrected chi connectivity index (χ0v) is 14.8. The normalized spacial score (nSPS) is 20.4. The highest BCUT2D eigenvalue weighted by Crippen LogP contribution is 2.47. The molecule has 0 aliphatic rings. The van der Waals surface area contributed by atoms with Crippen molar-refractivity contribution in [3.05, 3.63) is 0 Å². The van der Waals surface area contributed by atoms with E-state index in [0.717, 1.165) is 18.4 Å². The van der Waals surface area contributed by atoms with Gasteiger partial charge < -0.3 is 5.32 Å². The van der Waals surface area contributed by atoms with Gasteiger partial charge in [-0.2, -0.15) is 0 Å². The lowest BCUT2D eigenvalue weighted by Gasteiger charge is -2.54. The second kappa shape index (κ2) is 6.20. The molecule has 0 bridgehead atoms. The number of nitrogens with one attached hydrogen (secondary N) is 1. The molecule has 2 atom stereocenters. The van der Waals surface area contributed by atoms with Crippen LogP contribution in [0.15, 0.2) is 0 Å². The van der Waals surface area contributed by atoms with Crippen molar-refractivity contribution < 1.29 is 0 Å². The fourth-order valence-electron chi connectivity index (χ4n) is 3.51. The van der Waals surface area contributed by atoms with Crippen LogP contribution >= 0.6 is 0 Å². The molecule has 0 radical (unpaired) electrons. The SMILES string of the molecule is CCNC(C(C)CC)(C(C)CC)C(C)(C)[SiH3]. The van der Waals surface area contributed by atoms with Crippen LogP contribution in [0.1, 0.15) is 61.3 Å². The molecule has 0 spiro atoms. The fourth-order valence-corrected chi connectivity index (χ4v) is 4.68. The summed E-state index contributed by atoms with van der Waals surface area (Å²) < 4.78 is 0. The van der Waals surface area contributed by atoms with Crippen LogP contribution in [0.25, 0.3) is 0 Å². The third-order valence-electron chi connectivity index (χ3n) is 4.49. The van der Waals surface area contributed by atoms with E-state index in [4.69, 9.17) is 0 Å². The van der Waals surface area contributed by atoms with E-state index in [1.807, 2.05) is 0 Å². The molecule has 98 valence electrons. The highest BCUT2D eigenvalue weighted by molar-refractivity contribution is 6.15. The minimum atomic E-state index is 0.317. The van der Waals surface area contributed by atoms with E-state index in [1.54, 1.807) is 0 Å². The molecular weight excluding hydrogens is 210 g/mol. The molecule has 0 amide bonds. The Hall–Kier alpha value is 0.177. The minimum absolute atomic E-state index is 0.317. The van der Waals surface area contributed by atoms with Gasteiger partial charge in [0.15, 0.2) is 0 Å². The first kappa shape index (κ1) is 16.2. The van der Waals surface area contributed by atoms with Crippen molar-refractivity contribution in [2.75, 3.05) is 6.54 Å². The summed E-state index contributed by atoms with van der Waals surface area (Å²) in [5.74, 6) is 1.49. The number of hydrogen-bond donors (Lipinski definition) is 1. The molecule has 1 N–H and O–H groups in total. The van der Waals surface area contributed by atoms with Gasteiger partial charge in [0, 0.05) is 15.8 Å². The van der Waals surface area contributed by atoms with Crippen LogP contribution in [0.5, 0.6) is 0 Å². The third kappa shape index (κ3) is 2.89. The highest BCUT2D eigenvalue weighted by Gasteiger charge is 2.47. The van der Waals surface area contributed by atoms with Gasteiger partial charge in [0.05, 0.1) is 0 Å². The standard InChI is InChI=1S/C14H33NSi/c1-8-11(4)14(15-10-3,12(5)9-2)13(6,7)16/h11-12,15H,8-10H2,1-7,16H3. The molecule has 16 heavy (non-hydrogen) atoms. The monoisotopic (exact) mass is 243 g/mol. The van der Waals surface area contributed by atoms with Crippen molar-refractivity contribution >= 4 is 10.2 Å². The first-order valence-corrected chi connectivity index (χ1v) is 8.02. The average Bonchev–Trinajstić information content (AvgIpc) is 2.21. The van der Waals surface area contributed by atoms with Crippen LogP contribution in [0, 0.1) is 11.8 Å². The molecule has 2 heteroatoms. The van der Waals surface area contributed by atoms with Crippen molar-refractivity contribution in [1.82, 2.24) is 5.32 Å². The van der Waals surface area contributed by atoms with E-state index in [2.05, 4.69) is 53.8 Å². The molecule has 0 aliphatic heterocycles. The van der Waals surface area contributed by atoms with Gasteiger partial charge in [0.1, 0.15) is 0 Å². The summed E-state index contributed by atoms with van der Waals surface area (Å²) in [7, 11) is 1.24. The van der Waals surface area contributed by atoms with Crippen LogP contribution < -0.4 is 5.32 Å². The second-order valence-electron chi connectivity index (χ2n) is 6.27. The predicted molar refractivity (Wildman–Crippen MR) is 79.3 cm³/mol. The average molecular weight is 244 g/mol.